The van der Waals surface area contributed by atoms with Crippen LogP contribution in [0.2, 0.25) is 0 Å². The van der Waals surface area contributed by atoms with Crippen LogP contribution < -0.4 is 4.74 Å². The van der Waals surface area contributed by atoms with Crippen LogP contribution in [0.15, 0.2) is 85.2 Å². The molecule has 0 aliphatic rings. The fraction of sp³-hybridized carbons (Fsp3) is 0.0455. The van der Waals surface area contributed by atoms with Crippen molar-refractivity contribution in [3.05, 3.63) is 91.0 Å². The van der Waals surface area contributed by atoms with Gasteiger partial charge in [-0.05, 0) is 43.3 Å². The molecule has 0 saturated heterocycles. The van der Waals surface area contributed by atoms with Crippen molar-refractivity contribution in [3.63, 3.8) is 0 Å². The van der Waals surface area contributed by atoms with Crippen LogP contribution in [-0.4, -0.2) is 24.3 Å². The number of rotatable bonds is 4. The lowest BCUT2D eigenvalue weighted by Crippen LogP contribution is -1.99. The van der Waals surface area contributed by atoms with E-state index >= 15 is 0 Å². The van der Waals surface area contributed by atoms with Crippen LogP contribution in [0, 0.1) is 6.92 Å². The normalized spacial score (nSPS) is 11.0. The van der Waals surface area contributed by atoms with Crippen molar-refractivity contribution in [2.24, 2.45) is 0 Å². The Bertz CT molecular complexity index is 1240. The van der Waals surface area contributed by atoms with E-state index in [0.29, 0.717) is 17.4 Å². The van der Waals surface area contributed by atoms with E-state index in [4.69, 9.17) is 4.74 Å². The van der Waals surface area contributed by atoms with Gasteiger partial charge >= 0.3 is 0 Å². The Hall–Kier alpha value is -3.93. The molecule has 2 aromatic carbocycles. The van der Waals surface area contributed by atoms with Crippen LogP contribution in [-0.2, 0) is 0 Å². The highest BCUT2D eigenvalue weighted by Gasteiger charge is 2.11. The van der Waals surface area contributed by atoms with Crippen molar-refractivity contribution in [1.82, 2.24) is 24.3 Å². The first kappa shape index (κ1) is 16.3. The summed E-state index contributed by atoms with van der Waals surface area (Å²) in [4.78, 5) is 9.20. The summed E-state index contributed by atoms with van der Waals surface area (Å²) >= 11 is 0. The van der Waals surface area contributed by atoms with E-state index in [-0.39, 0.29) is 0 Å². The molecule has 0 unspecified atom stereocenters. The Labute approximate surface area is 161 Å². The monoisotopic (exact) mass is 367 g/mol. The predicted octanol–water partition coefficient (Wildman–Crippen LogP) is 4.71. The maximum Gasteiger partial charge on any atom is 0.221 e. The van der Waals surface area contributed by atoms with Crippen LogP contribution in [0.25, 0.3) is 22.5 Å². The highest BCUT2D eigenvalue weighted by Crippen LogP contribution is 2.28. The maximum absolute atomic E-state index is 6.03. The zero-order valence-electron chi connectivity index (χ0n) is 15.2. The molecule has 0 saturated carbocycles. The third-order valence-electron chi connectivity index (χ3n) is 4.48. The van der Waals surface area contributed by atoms with Gasteiger partial charge in [0.1, 0.15) is 11.6 Å². The molecule has 0 atom stereocenters. The molecule has 5 rings (SSSR count). The minimum Gasteiger partial charge on any atom is -0.439 e. The van der Waals surface area contributed by atoms with E-state index < -0.39 is 0 Å². The minimum atomic E-state index is 0.509. The predicted molar refractivity (Wildman–Crippen MR) is 107 cm³/mol. The molecule has 0 spiro atoms. The quantitative estimate of drug-likeness (QED) is 0.462. The van der Waals surface area contributed by atoms with E-state index in [9.17, 15) is 0 Å². The van der Waals surface area contributed by atoms with E-state index in [0.717, 1.165) is 22.5 Å². The van der Waals surface area contributed by atoms with Gasteiger partial charge in [0.2, 0.25) is 5.88 Å². The molecular weight excluding hydrogens is 350 g/mol. The second kappa shape index (κ2) is 6.66. The average molecular weight is 367 g/mol. The summed E-state index contributed by atoms with van der Waals surface area (Å²) in [6, 6.07) is 23.5. The minimum absolute atomic E-state index is 0.509. The number of aromatic nitrogens is 5. The number of fused-ring (bicyclic) bond motifs is 1. The van der Waals surface area contributed by atoms with Crippen molar-refractivity contribution in [1.29, 1.82) is 0 Å². The highest BCUT2D eigenvalue weighted by molar-refractivity contribution is 5.80. The number of aryl methyl sites for hydroxylation is 1. The van der Waals surface area contributed by atoms with Crippen molar-refractivity contribution < 1.29 is 4.74 Å². The molecule has 3 heterocycles. The lowest BCUT2D eigenvalue weighted by Gasteiger charge is -2.09. The zero-order valence-corrected chi connectivity index (χ0v) is 15.2. The number of para-hydroxylation sites is 1. The van der Waals surface area contributed by atoms with Crippen molar-refractivity contribution >= 4 is 11.0 Å². The number of hydrogen-bond donors (Lipinski definition) is 0. The first-order valence-electron chi connectivity index (χ1n) is 8.97. The largest absolute Gasteiger partial charge is 0.439 e. The van der Waals surface area contributed by atoms with Gasteiger partial charge in [-0.2, -0.15) is 10.1 Å². The summed E-state index contributed by atoms with van der Waals surface area (Å²) in [7, 11) is 0. The van der Waals surface area contributed by atoms with E-state index in [1.807, 2.05) is 73.8 Å². The maximum atomic E-state index is 6.03. The number of ether oxygens (including phenoxy) is 1. The summed E-state index contributed by atoms with van der Waals surface area (Å²) < 4.78 is 9.85. The molecule has 0 aliphatic heterocycles. The van der Waals surface area contributed by atoms with Gasteiger partial charge in [0, 0.05) is 30.2 Å². The van der Waals surface area contributed by atoms with Gasteiger partial charge in [-0.15, -0.1) is 0 Å². The molecule has 0 bridgehead atoms. The topological polar surface area (TPSA) is 57.8 Å². The lowest BCUT2D eigenvalue weighted by atomic mass is 10.2. The van der Waals surface area contributed by atoms with Crippen molar-refractivity contribution in [3.8, 4) is 23.1 Å². The third-order valence-corrected chi connectivity index (χ3v) is 4.48. The van der Waals surface area contributed by atoms with Gasteiger partial charge in [0.15, 0.2) is 5.82 Å². The Morgan fingerprint density at radius 1 is 0.857 bits per heavy atom. The molecule has 0 N–H and O–H groups in total. The van der Waals surface area contributed by atoms with Crippen molar-refractivity contribution in [2.75, 3.05) is 0 Å². The Balaban J connectivity index is 1.53. The first-order valence-corrected chi connectivity index (χ1v) is 8.97. The van der Waals surface area contributed by atoms with E-state index in [1.165, 1.54) is 0 Å². The molecule has 136 valence electrons. The van der Waals surface area contributed by atoms with Crippen LogP contribution in [0.4, 0.5) is 0 Å². The first-order chi connectivity index (χ1) is 13.8. The smallest absolute Gasteiger partial charge is 0.221 e. The summed E-state index contributed by atoms with van der Waals surface area (Å²) in [5.41, 5.74) is 2.98. The number of hydrogen-bond acceptors (Lipinski definition) is 4. The van der Waals surface area contributed by atoms with Gasteiger partial charge in [-0.3, -0.25) is 4.57 Å². The molecular formula is C22H17N5O. The number of imidazole rings is 1. The Morgan fingerprint density at radius 3 is 2.57 bits per heavy atom. The molecule has 0 radical (unpaired) electrons. The third kappa shape index (κ3) is 2.91. The molecule has 0 fully saturated rings. The molecule has 6 heteroatoms. The Kier molecular flexibility index (Phi) is 3.87. The van der Waals surface area contributed by atoms with Gasteiger partial charge in [-0.25, -0.2) is 9.67 Å². The molecule has 5 aromatic rings. The SMILES string of the molecule is Cc1nc2ccc(Oc3cccc(-n4cccn4)n3)cc2n1-c1ccccc1. The van der Waals surface area contributed by atoms with Gasteiger partial charge < -0.3 is 4.74 Å². The zero-order chi connectivity index (χ0) is 18.9. The number of nitrogens with zero attached hydrogens (tertiary/aromatic N) is 5. The van der Waals surface area contributed by atoms with Crippen LogP contribution in [0.1, 0.15) is 5.82 Å². The average Bonchev–Trinajstić information content (AvgIpc) is 3.36. The molecule has 6 nitrogen and oxygen atoms in total. The number of pyridine rings is 1. The van der Waals surface area contributed by atoms with Gasteiger partial charge in [0.25, 0.3) is 0 Å². The summed E-state index contributed by atoms with van der Waals surface area (Å²) in [5, 5.41) is 4.21. The standard InChI is InChI=1S/C22H17N5O/c1-16-24-19-12-11-18(15-20(19)27(16)17-7-3-2-4-8-17)28-22-10-5-9-21(25-22)26-14-6-13-23-26/h2-15H,1H3. The van der Waals surface area contributed by atoms with Crippen molar-refractivity contribution in [2.45, 2.75) is 6.92 Å². The van der Waals surface area contributed by atoms with Gasteiger partial charge in [0.05, 0.1) is 11.0 Å². The number of benzene rings is 2. The molecule has 0 amide bonds. The lowest BCUT2D eigenvalue weighted by molar-refractivity contribution is 0.462. The van der Waals surface area contributed by atoms with Crippen LogP contribution >= 0.6 is 0 Å². The van der Waals surface area contributed by atoms with Crippen LogP contribution in [0.3, 0.4) is 0 Å². The molecule has 28 heavy (non-hydrogen) atoms. The summed E-state index contributed by atoms with van der Waals surface area (Å²) in [6.45, 7) is 2.00. The van der Waals surface area contributed by atoms with E-state index in [1.54, 1.807) is 10.9 Å². The van der Waals surface area contributed by atoms with Crippen LogP contribution in [0.5, 0.6) is 11.6 Å². The Morgan fingerprint density at radius 2 is 1.75 bits per heavy atom. The summed E-state index contributed by atoms with van der Waals surface area (Å²) in [6.07, 6.45) is 3.57. The fourth-order valence-corrected chi connectivity index (χ4v) is 3.26. The highest BCUT2D eigenvalue weighted by atomic mass is 16.5. The summed E-state index contributed by atoms with van der Waals surface area (Å²) in [5.74, 6) is 2.84. The second-order valence-corrected chi connectivity index (χ2v) is 6.37. The fourth-order valence-electron chi connectivity index (χ4n) is 3.26. The molecule has 0 aliphatic carbocycles. The second-order valence-electron chi connectivity index (χ2n) is 6.37. The molecule has 3 aromatic heterocycles. The van der Waals surface area contributed by atoms with E-state index in [2.05, 4.69) is 31.8 Å². The van der Waals surface area contributed by atoms with Gasteiger partial charge in [-0.1, -0.05) is 24.3 Å².